The highest BCUT2D eigenvalue weighted by Crippen LogP contribution is 2.43. The van der Waals surface area contributed by atoms with Crippen LogP contribution in [-0.2, 0) is 11.2 Å². The molecule has 1 atom stereocenters. The molecule has 1 heterocycles. The van der Waals surface area contributed by atoms with Gasteiger partial charge in [-0.3, -0.25) is 10.2 Å². The van der Waals surface area contributed by atoms with Crippen LogP contribution in [0.3, 0.4) is 0 Å². The van der Waals surface area contributed by atoms with Gasteiger partial charge in [0, 0.05) is 12.0 Å². The molecule has 1 amide bonds. The standard InChI is InChI=1S/C21H25F3N2O/c1-13(2)10-15-7-5-6-14-8-9-16(11-17(14)15)19(21(22,23)24)26-20(3,4)12-18(27)25-26/h5-9,11,13,19H,10,12H2,1-4H3,(H,25,27). The Morgan fingerprint density at radius 1 is 1.19 bits per heavy atom. The number of amides is 1. The summed E-state index contributed by atoms with van der Waals surface area (Å²) in [5.74, 6) is 0.00464. The maximum Gasteiger partial charge on any atom is 0.409 e. The van der Waals surface area contributed by atoms with E-state index in [9.17, 15) is 18.0 Å². The lowest BCUT2D eigenvalue weighted by Crippen LogP contribution is -2.51. The molecule has 0 bridgehead atoms. The van der Waals surface area contributed by atoms with Gasteiger partial charge in [0.2, 0.25) is 5.91 Å². The highest BCUT2D eigenvalue weighted by molar-refractivity contribution is 5.86. The zero-order valence-electron chi connectivity index (χ0n) is 16.0. The van der Waals surface area contributed by atoms with Crippen LogP contribution in [0.15, 0.2) is 36.4 Å². The Hall–Kier alpha value is -2.08. The molecule has 1 unspecified atom stereocenters. The van der Waals surface area contributed by atoms with Crippen molar-refractivity contribution in [3.8, 4) is 0 Å². The third-order valence-corrected chi connectivity index (χ3v) is 5.00. The number of carbonyl (C=O) groups excluding carboxylic acids is 1. The molecular weight excluding hydrogens is 353 g/mol. The van der Waals surface area contributed by atoms with E-state index in [0.29, 0.717) is 5.92 Å². The Balaban J connectivity index is 2.13. The topological polar surface area (TPSA) is 32.3 Å². The SMILES string of the molecule is CC(C)Cc1cccc2ccc(C(N3NC(=O)CC3(C)C)C(F)(F)F)cc12. The summed E-state index contributed by atoms with van der Waals surface area (Å²) in [5, 5.41) is 2.81. The number of hydrazine groups is 1. The summed E-state index contributed by atoms with van der Waals surface area (Å²) in [7, 11) is 0. The molecule has 1 saturated heterocycles. The maximum atomic E-state index is 14.0. The first kappa shape index (κ1) is 19.7. The number of halogens is 3. The summed E-state index contributed by atoms with van der Waals surface area (Å²) < 4.78 is 42.1. The Morgan fingerprint density at radius 3 is 2.44 bits per heavy atom. The van der Waals surface area contributed by atoms with E-state index in [1.165, 1.54) is 6.07 Å². The fraction of sp³-hybridized carbons (Fsp3) is 0.476. The third kappa shape index (κ3) is 3.95. The molecule has 0 radical (unpaired) electrons. The van der Waals surface area contributed by atoms with Gasteiger partial charge in [0.1, 0.15) is 0 Å². The van der Waals surface area contributed by atoms with E-state index in [4.69, 9.17) is 0 Å². The average molecular weight is 378 g/mol. The summed E-state index contributed by atoms with van der Waals surface area (Å²) in [4.78, 5) is 11.8. The fourth-order valence-electron chi connectivity index (χ4n) is 3.84. The predicted molar refractivity (Wildman–Crippen MR) is 100.0 cm³/mol. The zero-order chi connectivity index (χ0) is 20.0. The van der Waals surface area contributed by atoms with Crippen molar-refractivity contribution in [2.24, 2.45) is 5.92 Å². The van der Waals surface area contributed by atoms with Gasteiger partial charge in [-0.15, -0.1) is 0 Å². The molecule has 0 aromatic heterocycles. The number of carbonyl (C=O) groups is 1. The number of nitrogens with zero attached hydrogens (tertiary/aromatic N) is 1. The quantitative estimate of drug-likeness (QED) is 0.797. The summed E-state index contributed by atoms with van der Waals surface area (Å²) in [6.45, 7) is 7.47. The maximum absolute atomic E-state index is 14.0. The summed E-state index contributed by atoms with van der Waals surface area (Å²) in [6, 6.07) is 8.80. The molecule has 3 nitrogen and oxygen atoms in total. The molecule has 27 heavy (non-hydrogen) atoms. The Morgan fingerprint density at radius 2 is 1.89 bits per heavy atom. The average Bonchev–Trinajstić information content (AvgIpc) is 2.78. The largest absolute Gasteiger partial charge is 0.409 e. The molecule has 2 aromatic rings. The van der Waals surface area contributed by atoms with Gasteiger partial charge < -0.3 is 0 Å². The Bertz CT molecular complexity index is 858. The van der Waals surface area contributed by atoms with E-state index < -0.39 is 23.7 Å². The summed E-state index contributed by atoms with van der Waals surface area (Å²) in [6.07, 6.45) is -3.69. The number of alkyl halides is 3. The second-order valence-electron chi connectivity index (χ2n) is 8.33. The van der Waals surface area contributed by atoms with Crippen molar-refractivity contribution >= 4 is 16.7 Å². The third-order valence-electron chi connectivity index (χ3n) is 5.00. The number of nitrogens with one attached hydrogen (secondary N) is 1. The molecule has 1 aliphatic heterocycles. The van der Waals surface area contributed by atoms with Crippen molar-refractivity contribution in [3.05, 3.63) is 47.5 Å². The molecule has 146 valence electrons. The summed E-state index contributed by atoms with van der Waals surface area (Å²) in [5.41, 5.74) is 2.67. The first-order chi connectivity index (χ1) is 12.5. The van der Waals surface area contributed by atoms with E-state index in [0.717, 1.165) is 27.8 Å². The second-order valence-corrected chi connectivity index (χ2v) is 8.33. The van der Waals surface area contributed by atoms with Crippen LogP contribution in [0.2, 0.25) is 0 Å². The lowest BCUT2D eigenvalue weighted by Gasteiger charge is -2.38. The number of fused-ring (bicyclic) bond motifs is 1. The number of hydrogen-bond acceptors (Lipinski definition) is 2. The Labute approximate surface area is 157 Å². The van der Waals surface area contributed by atoms with E-state index in [-0.39, 0.29) is 12.0 Å². The van der Waals surface area contributed by atoms with Crippen LogP contribution in [0.25, 0.3) is 10.8 Å². The van der Waals surface area contributed by atoms with Gasteiger partial charge in [-0.25, -0.2) is 0 Å². The smallest absolute Gasteiger partial charge is 0.287 e. The van der Waals surface area contributed by atoms with Crippen molar-refractivity contribution in [2.45, 2.75) is 58.3 Å². The monoisotopic (exact) mass is 378 g/mol. The number of rotatable bonds is 4. The van der Waals surface area contributed by atoms with Crippen LogP contribution >= 0.6 is 0 Å². The van der Waals surface area contributed by atoms with E-state index >= 15 is 0 Å². The second kappa shape index (κ2) is 6.82. The first-order valence-corrected chi connectivity index (χ1v) is 9.16. The Kier molecular flexibility index (Phi) is 4.97. The van der Waals surface area contributed by atoms with Crippen LogP contribution in [0.1, 0.15) is 51.3 Å². The molecule has 1 aliphatic rings. The molecule has 0 spiro atoms. The lowest BCUT2D eigenvalue weighted by atomic mass is 9.92. The molecule has 6 heteroatoms. The molecule has 2 aromatic carbocycles. The molecule has 1 N–H and O–H groups in total. The first-order valence-electron chi connectivity index (χ1n) is 9.16. The minimum atomic E-state index is -4.52. The van der Waals surface area contributed by atoms with Crippen molar-refractivity contribution in [3.63, 3.8) is 0 Å². The number of benzene rings is 2. The minimum absolute atomic E-state index is 0.0335. The fourth-order valence-corrected chi connectivity index (χ4v) is 3.84. The van der Waals surface area contributed by atoms with Gasteiger partial charge in [-0.2, -0.15) is 18.2 Å². The number of hydrogen-bond donors (Lipinski definition) is 1. The van der Waals surface area contributed by atoms with Gasteiger partial charge >= 0.3 is 6.18 Å². The van der Waals surface area contributed by atoms with Crippen molar-refractivity contribution in [1.82, 2.24) is 10.4 Å². The van der Waals surface area contributed by atoms with Gasteiger partial charge in [-0.1, -0.05) is 44.2 Å². The lowest BCUT2D eigenvalue weighted by molar-refractivity contribution is -0.203. The van der Waals surface area contributed by atoms with Crippen molar-refractivity contribution < 1.29 is 18.0 Å². The zero-order valence-corrected chi connectivity index (χ0v) is 16.0. The normalized spacial score (nSPS) is 18.9. The van der Waals surface area contributed by atoms with E-state index in [1.54, 1.807) is 26.0 Å². The predicted octanol–water partition coefficient (Wildman–Crippen LogP) is 5.16. The van der Waals surface area contributed by atoms with Crippen LogP contribution in [0.4, 0.5) is 13.2 Å². The minimum Gasteiger partial charge on any atom is -0.287 e. The van der Waals surface area contributed by atoms with Gasteiger partial charge in [0.25, 0.3) is 0 Å². The van der Waals surface area contributed by atoms with E-state index in [2.05, 4.69) is 19.3 Å². The van der Waals surface area contributed by atoms with Gasteiger partial charge in [-0.05, 0) is 54.2 Å². The molecule has 3 rings (SSSR count). The van der Waals surface area contributed by atoms with Crippen LogP contribution < -0.4 is 5.43 Å². The van der Waals surface area contributed by atoms with E-state index in [1.807, 2.05) is 18.2 Å². The van der Waals surface area contributed by atoms with Gasteiger partial charge in [0.15, 0.2) is 6.04 Å². The highest BCUT2D eigenvalue weighted by Gasteiger charge is 2.52. The highest BCUT2D eigenvalue weighted by atomic mass is 19.4. The molecule has 0 aliphatic carbocycles. The van der Waals surface area contributed by atoms with Crippen LogP contribution in [-0.4, -0.2) is 22.6 Å². The van der Waals surface area contributed by atoms with Gasteiger partial charge in [0.05, 0.1) is 0 Å². The molecular formula is C21H25F3N2O. The summed E-state index contributed by atoms with van der Waals surface area (Å²) >= 11 is 0. The molecule has 1 fully saturated rings. The van der Waals surface area contributed by atoms with Crippen LogP contribution in [0, 0.1) is 5.92 Å². The van der Waals surface area contributed by atoms with Crippen molar-refractivity contribution in [1.29, 1.82) is 0 Å². The van der Waals surface area contributed by atoms with Crippen LogP contribution in [0.5, 0.6) is 0 Å². The van der Waals surface area contributed by atoms with Crippen molar-refractivity contribution in [2.75, 3.05) is 0 Å². The molecule has 0 saturated carbocycles.